The van der Waals surface area contributed by atoms with Crippen LogP contribution in [0.3, 0.4) is 0 Å². The highest BCUT2D eigenvalue weighted by atomic mass is 35.5. The number of rotatable bonds is 4. The number of amides is 2. The molecule has 1 aromatic heterocycles. The van der Waals surface area contributed by atoms with Crippen molar-refractivity contribution in [3.8, 4) is 11.5 Å². The Labute approximate surface area is 160 Å². The van der Waals surface area contributed by atoms with Crippen LogP contribution in [0.25, 0.3) is 0 Å². The molecule has 0 aliphatic rings. The smallest absolute Gasteiger partial charge is 0.329 e. The number of hydrogen-bond donors (Lipinski definition) is 0. The molecule has 1 heterocycles. The summed E-state index contributed by atoms with van der Waals surface area (Å²) in [5.41, 5.74) is 0.247. The Morgan fingerprint density at radius 3 is 2.00 bits per heavy atom. The zero-order valence-electron chi connectivity index (χ0n) is 13.9. The fourth-order valence-electron chi connectivity index (χ4n) is 2.09. The average Bonchev–Trinajstić information content (AvgIpc) is 2.60. The second-order valence-electron chi connectivity index (χ2n) is 4.86. The summed E-state index contributed by atoms with van der Waals surface area (Å²) in [5, 5.41) is 0.572. The SMILES string of the molecule is COc1cc(OC)c(Cl)c(N(C)C(=O)N(C)c2cc(Cl)ncn2)c1Cl. The van der Waals surface area contributed by atoms with Gasteiger partial charge in [-0.1, -0.05) is 34.8 Å². The molecule has 0 aliphatic heterocycles. The minimum absolute atomic E-state index is 0.179. The van der Waals surface area contributed by atoms with Gasteiger partial charge in [0.05, 0.1) is 19.9 Å². The molecule has 0 atom stereocenters. The fraction of sp³-hybridized carbons (Fsp3) is 0.267. The third kappa shape index (κ3) is 3.84. The number of aromatic nitrogens is 2. The quantitative estimate of drug-likeness (QED) is 0.715. The highest BCUT2D eigenvalue weighted by molar-refractivity contribution is 6.42. The van der Waals surface area contributed by atoms with Gasteiger partial charge >= 0.3 is 6.03 Å². The van der Waals surface area contributed by atoms with Crippen LogP contribution in [0, 0.1) is 0 Å². The van der Waals surface area contributed by atoms with Crippen molar-refractivity contribution in [3.05, 3.63) is 33.7 Å². The Bertz CT molecular complexity index is 776. The Morgan fingerprint density at radius 1 is 0.960 bits per heavy atom. The van der Waals surface area contributed by atoms with Gasteiger partial charge in [0.25, 0.3) is 0 Å². The number of carbonyl (C=O) groups is 1. The Kier molecular flexibility index (Phi) is 6.16. The van der Waals surface area contributed by atoms with Gasteiger partial charge < -0.3 is 9.47 Å². The van der Waals surface area contributed by atoms with Gasteiger partial charge in [0.1, 0.15) is 38.8 Å². The molecule has 0 saturated heterocycles. The number of carbonyl (C=O) groups excluding carboxylic acids is 1. The summed E-state index contributed by atoms with van der Waals surface area (Å²) < 4.78 is 10.4. The monoisotopic (exact) mass is 404 g/mol. The second kappa shape index (κ2) is 7.95. The van der Waals surface area contributed by atoms with Gasteiger partial charge in [0.2, 0.25) is 0 Å². The molecule has 7 nitrogen and oxygen atoms in total. The van der Waals surface area contributed by atoms with Crippen molar-refractivity contribution in [2.24, 2.45) is 0 Å². The predicted molar refractivity (Wildman–Crippen MR) is 98.8 cm³/mol. The van der Waals surface area contributed by atoms with E-state index < -0.39 is 6.03 Å². The van der Waals surface area contributed by atoms with Crippen molar-refractivity contribution < 1.29 is 14.3 Å². The summed E-state index contributed by atoms with van der Waals surface area (Å²) in [6.07, 6.45) is 1.26. The van der Waals surface area contributed by atoms with Crippen molar-refractivity contribution in [1.29, 1.82) is 0 Å². The first-order valence-electron chi connectivity index (χ1n) is 6.90. The molecule has 25 heavy (non-hydrogen) atoms. The van der Waals surface area contributed by atoms with Crippen LogP contribution in [0.15, 0.2) is 18.5 Å². The van der Waals surface area contributed by atoms with Crippen molar-refractivity contribution in [3.63, 3.8) is 0 Å². The van der Waals surface area contributed by atoms with Crippen LogP contribution in [0.2, 0.25) is 15.2 Å². The number of anilines is 2. The first-order valence-corrected chi connectivity index (χ1v) is 8.04. The van der Waals surface area contributed by atoms with E-state index in [0.29, 0.717) is 17.3 Å². The standard InChI is InChI=1S/C15H15Cl3N4O3/c1-21(11-6-10(16)19-7-20-11)15(23)22(2)14-12(17)8(24-3)5-9(25-4)13(14)18/h5-7H,1-4H3. The van der Waals surface area contributed by atoms with E-state index in [1.54, 1.807) is 6.07 Å². The van der Waals surface area contributed by atoms with E-state index in [0.717, 1.165) is 0 Å². The molecular formula is C15H15Cl3N4O3. The van der Waals surface area contributed by atoms with E-state index in [9.17, 15) is 4.79 Å². The van der Waals surface area contributed by atoms with Crippen molar-refractivity contribution >= 4 is 52.3 Å². The second-order valence-corrected chi connectivity index (χ2v) is 6.00. The van der Waals surface area contributed by atoms with Gasteiger partial charge in [0, 0.05) is 26.2 Å². The van der Waals surface area contributed by atoms with Crippen LogP contribution in [0.1, 0.15) is 0 Å². The van der Waals surface area contributed by atoms with Crippen LogP contribution in [0.4, 0.5) is 16.3 Å². The van der Waals surface area contributed by atoms with Gasteiger partial charge in [0.15, 0.2) is 0 Å². The minimum Gasteiger partial charge on any atom is -0.495 e. The molecule has 134 valence electrons. The van der Waals surface area contributed by atoms with Gasteiger partial charge in [-0.05, 0) is 0 Å². The maximum Gasteiger partial charge on any atom is 0.329 e. The van der Waals surface area contributed by atoms with Crippen LogP contribution in [-0.2, 0) is 0 Å². The number of urea groups is 1. The van der Waals surface area contributed by atoms with Gasteiger partial charge in [-0.15, -0.1) is 0 Å². The summed E-state index contributed by atoms with van der Waals surface area (Å²) in [6.45, 7) is 0. The summed E-state index contributed by atoms with van der Waals surface area (Å²) in [4.78, 5) is 23.2. The molecule has 2 amide bonds. The molecular weight excluding hydrogens is 391 g/mol. The molecule has 0 unspecified atom stereocenters. The average molecular weight is 406 g/mol. The highest BCUT2D eigenvalue weighted by Gasteiger charge is 2.26. The van der Waals surface area contributed by atoms with Crippen LogP contribution >= 0.6 is 34.8 Å². The van der Waals surface area contributed by atoms with Crippen LogP contribution in [0.5, 0.6) is 11.5 Å². The maximum atomic E-state index is 12.8. The first kappa shape index (κ1) is 19.4. The van der Waals surface area contributed by atoms with Crippen molar-refractivity contribution in [2.75, 3.05) is 38.1 Å². The van der Waals surface area contributed by atoms with Crippen molar-refractivity contribution in [1.82, 2.24) is 9.97 Å². The van der Waals surface area contributed by atoms with E-state index in [4.69, 9.17) is 44.3 Å². The lowest BCUT2D eigenvalue weighted by Gasteiger charge is -2.26. The molecule has 10 heteroatoms. The molecule has 0 saturated carbocycles. The number of benzene rings is 1. The number of ether oxygens (including phenoxy) is 2. The maximum absolute atomic E-state index is 12.8. The Balaban J connectivity index is 2.46. The van der Waals surface area contributed by atoms with E-state index in [1.165, 1.54) is 50.5 Å². The third-order valence-electron chi connectivity index (χ3n) is 3.42. The molecule has 2 rings (SSSR count). The summed E-state index contributed by atoms with van der Waals surface area (Å²) in [5.74, 6) is 0.967. The molecule has 2 aromatic rings. The third-order valence-corrected chi connectivity index (χ3v) is 4.36. The summed E-state index contributed by atoms with van der Waals surface area (Å²) in [7, 11) is 5.97. The Morgan fingerprint density at radius 2 is 1.52 bits per heavy atom. The summed E-state index contributed by atoms with van der Waals surface area (Å²) >= 11 is 18.5. The summed E-state index contributed by atoms with van der Waals surface area (Å²) in [6, 6.07) is 2.55. The van der Waals surface area contributed by atoms with Gasteiger partial charge in [-0.2, -0.15) is 0 Å². The fourth-order valence-corrected chi connectivity index (χ4v) is 2.99. The molecule has 0 radical (unpaired) electrons. The van der Waals surface area contributed by atoms with E-state index in [-0.39, 0.29) is 20.9 Å². The van der Waals surface area contributed by atoms with Crippen LogP contribution in [-0.4, -0.2) is 44.3 Å². The van der Waals surface area contributed by atoms with E-state index in [2.05, 4.69) is 9.97 Å². The zero-order chi connectivity index (χ0) is 18.7. The molecule has 0 bridgehead atoms. The lowest BCUT2D eigenvalue weighted by Crippen LogP contribution is -2.39. The Hall–Kier alpha value is -1.96. The molecule has 0 spiro atoms. The zero-order valence-corrected chi connectivity index (χ0v) is 16.1. The number of halogens is 3. The largest absolute Gasteiger partial charge is 0.495 e. The molecule has 0 aliphatic carbocycles. The topological polar surface area (TPSA) is 67.8 Å². The minimum atomic E-state index is -0.450. The predicted octanol–water partition coefficient (Wildman–Crippen LogP) is 4.15. The molecule has 1 aromatic carbocycles. The number of methoxy groups -OCH3 is 2. The molecule has 0 N–H and O–H groups in total. The highest BCUT2D eigenvalue weighted by Crippen LogP contribution is 2.45. The normalized spacial score (nSPS) is 10.4. The lowest BCUT2D eigenvalue weighted by molar-refractivity contribution is 0.253. The van der Waals surface area contributed by atoms with Crippen molar-refractivity contribution in [2.45, 2.75) is 0 Å². The molecule has 0 fully saturated rings. The number of nitrogens with zero attached hydrogens (tertiary/aromatic N) is 4. The van der Waals surface area contributed by atoms with E-state index >= 15 is 0 Å². The van der Waals surface area contributed by atoms with Gasteiger partial charge in [-0.25, -0.2) is 14.8 Å². The van der Waals surface area contributed by atoms with Gasteiger partial charge in [-0.3, -0.25) is 9.80 Å². The van der Waals surface area contributed by atoms with Crippen LogP contribution < -0.4 is 19.3 Å². The first-order chi connectivity index (χ1) is 11.8. The van der Waals surface area contributed by atoms with E-state index in [1.807, 2.05) is 0 Å². The number of hydrogen-bond acceptors (Lipinski definition) is 5. The lowest BCUT2D eigenvalue weighted by atomic mass is 10.2.